The topological polar surface area (TPSA) is 83.8 Å². The van der Waals surface area contributed by atoms with E-state index in [9.17, 15) is 14.4 Å². The maximum atomic E-state index is 11.6. The Bertz CT molecular complexity index is 524. The van der Waals surface area contributed by atoms with Crippen LogP contribution in [-0.4, -0.2) is 43.8 Å². The molecule has 0 amide bonds. The third-order valence-corrected chi connectivity index (χ3v) is 2.59. The minimum atomic E-state index is -0.641. The fraction of sp³-hybridized carbons (Fsp3) is 0.308. The van der Waals surface area contributed by atoms with Gasteiger partial charge in [-0.25, -0.2) is 14.4 Å². The zero-order chi connectivity index (χ0) is 15.3. The molecule has 0 bridgehead atoms. The first kappa shape index (κ1) is 15.5. The van der Waals surface area contributed by atoms with E-state index in [1.807, 2.05) is 0 Å². The van der Waals surface area contributed by atoms with Gasteiger partial charge in [0.25, 0.3) is 0 Å². The van der Waals surface area contributed by atoms with Gasteiger partial charge in [-0.1, -0.05) is 6.58 Å². The van der Waals surface area contributed by atoms with Gasteiger partial charge in [0.15, 0.2) is 0 Å². The van der Waals surface area contributed by atoms with Crippen molar-refractivity contribution >= 4 is 17.9 Å². The molecule has 0 radical (unpaired) electrons. The minimum absolute atomic E-state index is 0.0824. The quantitative estimate of drug-likeness (QED) is 0.451. The number of hydrogen-bond donors (Lipinski definition) is 0. The Kier molecular flexibility index (Phi) is 5.08. The standard InChI is InChI=1S/C13H15NO6/c1-8(11(15)18-2)7-14-9(12(16)19-3)5-6-10(14)13(17)20-4/h5-6H,1,7H2,2-4H3. The van der Waals surface area contributed by atoms with Crippen LogP contribution in [0, 0.1) is 0 Å². The molecule has 0 spiro atoms. The highest BCUT2D eigenvalue weighted by Gasteiger charge is 2.22. The average Bonchev–Trinajstić information content (AvgIpc) is 2.88. The molecule has 0 saturated carbocycles. The number of aromatic nitrogens is 1. The summed E-state index contributed by atoms with van der Waals surface area (Å²) >= 11 is 0. The van der Waals surface area contributed by atoms with Gasteiger partial charge in [-0.05, 0) is 12.1 Å². The maximum Gasteiger partial charge on any atom is 0.354 e. The highest BCUT2D eigenvalue weighted by atomic mass is 16.5. The lowest BCUT2D eigenvalue weighted by atomic mass is 10.3. The molecule has 0 aromatic carbocycles. The molecule has 0 unspecified atom stereocenters. The van der Waals surface area contributed by atoms with Gasteiger partial charge in [0.2, 0.25) is 0 Å². The van der Waals surface area contributed by atoms with Crippen LogP contribution in [0.5, 0.6) is 0 Å². The molecule has 1 aromatic heterocycles. The Morgan fingerprint density at radius 1 is 1.00 bits per heavy atom. The van der Waals surface area contributed by atoms with Gasteiger partial charge in [0.1, 0.15) is 11.4 Å². The zero-order valence-corrected chi connectivity index (χ0v) is 11.5. The summed E-state index contributed by atoms with van der Waals surface area (Å²) in [6.45, 7) is 3.46. The van der Waals surface area contributed by atoms with Crippen molar-refractivity contribution in [2.75, 3.05) is 21.3 Å². The molecule has 20 heavy (non-hydrogen) atoms. The Morgan fingerprint density at radius 3 is 1.80 bits per heavy atom. The predicted octanol–water partition coefficient (Wildman–Crippen LogP) is 0.790. The molecule has 0 aliphatic heterocycles. The lowest BCUT2D eigenvalue weighted by molar-refractivity contribution is -0.136. The summed E-state index contributed by atoms with van der Waals surface area (Å²) in [6, 6.07) is 2.81. The van der Waals surface area contributed by atoms with Crippen molar-refractivity contribution in [2.45, 2.75) is 6.54 Å². The average molecular weight is 281 g/mol. The molecule has 7 heteroatoms. The number of hydrogen-bond acceptors (Lipinski definition) is 6. The van der Waals surface area contributed by atoms with Gasteiger partial charge in [-0.15, -0.1) is 0 Å². The molecule has 0 aliphatic carbocycles. The first-order chi connectivity index (χ1) is 9.46. The van der Waals surface area contributed by atoms with Crippen LogP contribution >= 0.6 is 0 Å². The summed E-state index contributed by atoms with van der Waals surface area (Å²) in [5, 5.41) is 0. The molecule has 0 aliphatic rings. The molecule has 1 heterocycles. The highest BCUT2D eigenvalue weighted by molar-refractivity contribution is 5.94. The number of methoxy groups -OCH3 is 3. The van der Waals surface area contributed by atoms with Crippen LogP contribution in [0.1, 0.15) is 21.0 Å². The SMILES string of the molecule is C=C(Cn1c(C(=O)OC)ccc1C(=O)OC)C(=O)OC. The van der Waals surface area contributed by atoms with Crippen LogP contribution in [0.2, 0.25) is 0 Å². The molecule has 0 atom stereocenters. The molecule has 108 valence electrons. The minimum Gasteiger partial charge on any atom is -0.466 e. The number of nitrogens with zero attached hydrogens (tertiary/aromatic N) is 1. The third kappa shape index (κ3) is 3.05. The molecular formula is C13H15NO6. The first-order valence-electron chi connectivity index (χ1n) is 5.58. The van der Waals surface area contributed by atoms with Crippen molar-refractivity contribution in [1.82, 2.24) is 4.57 Å². The first-order valence-corrected chi connectivity index (χ1v) is 5.58. The number of carbonyl (C=O) groups is 3. The van der Waals surface area contributed by atoms with E-state index in [1.54, 1.807) is 0 Å². The summed E-state index contributed by atoms with van der Waals surface area (Å²) in [5.41, 5.74) is 0.301. The van der Waals surface area contributed by atoms with Crippen LogP contribution < -0.4 is 0 Å². The lowest BCUT2D eigenvalue weighted by Gasteiger charge is -2.12. The van der Waals surface area contributed by atoms with E-state index in [1.165, 1.54) is 38.0 Å². The van der Waals surface area contributed by atoms with Gasteiger partial charge in [0.05, 0.1) is 27.9 Å². The summed E-state index contributed by atoms with van der Waals surface area (Å²) in [4.78, 5) is 34.6. The van der Waals surface area contributed by atoms with E-state index in [0.29, 0.717) is 0 Å². The summed E-state index contributed by atoms with van der Waals surface area (Å²) in [6.07, 6.45) is 0. The summed E-state index contributed by atoms with van der Waals surface area (Å²) in [7, 11) is 3.64. The van der Waals surface area contributed by atoms with Crippen molar-refractivity contribution < 1.29 is 28.6 Å². The molecule has 7 nitrogen and oxygen atoms in total. The fourth-order valence-electron chi connectivity index (χ4n) is 1.60. The fourth-order valence-corrected chi connectivity index (χ4v) is 1.60. The van der Waals surface area contributed by atoms with Gasteiger partial charge in [-0.3, -0.25) is 0 Å². The molecule has 0 saturated heterocycles. The third-order valence-electron chi connectivity index (χ3n) is 2.59. The lowest BCUT2D eigenvalue weighted by Crippen LogP contribution is -2.20. The molecular weight excluding hydrogens is 266 g/mol. The second-order valence-electron chi connectivity index (χ2n) is 3.77. The van der Waals surface area contributed by atoms with Crippen LogP contribution in [0.3, 0.4) is 0 Å². The number of ether oxygens (including phenoxy) is 3. The molecule has 0 fully saturated rings. The van der Waals surface area contributed by atoms with E-state index < -0.39 is 17.9 Å². The largest absolute Gasteiger partial charge is 0.466 e. The smallest absolute Gasteiger partial charge is 0.354 e. The predicted molar refractivity (Wildman–Crippen MR) is 68.3 cm³/mol. The van der Waals surface area contributed by atoms with Gasteiger partial charge < -0.3 is 18.8 Å². The van der Waals surface area contributed by atoms with Gasteiger partial charge >= 0.3 is 17.9 Å². The monoisotopic (exact) mass is 281 g/mol. The van der Waals surface area contributed by atoms with E-state index in [0.717, 1.165) is 0 Å². The van der Waals surface area contributed by atoms with Crippen LogP contribution in [0.4, 0.5) is 0 Å². The van der Waals surface area contributed by atoms with Crippen LogP contribution in [0.15, 0.2) is 24.3 Å². The number of esters is 3. The zero-order valence-electron chi connectivity index (χ0n) is 11.5. The second kappa shape index (κ2) is 6.55. The van der Waals surface area contributed by atoms with E-state index in [-0.39, 0.29) is 23.5 Å². The molecule has 1 aromatic rings. The normalized spacial score (nSPS) is 9.75. The summed E-state index contributed by atoms with van der Waals surface area (Å²) < 4.78 is 15.0. The number of rotatable bonds is 5. The molecule has 1 rings (SSSR count). The summed E-state index contributed by atoms with van der Waals surface area (Å²) in [5.74, 6) is -1.92. The van der Waals surface area contributed by atoms with Gasteiger partial charge in [0, 0.05) is 5.57 Å². The van der Waals surface area contributed by atoms with E-state index in [2.05, 4.69) is 20.8 Å². The van der Waals surface area contributed by atoms with Crippen molar-refractivity contribution in [3.8, 4) is 0 Å². The Labute approximate surface area is 115 Å². The Balaban J connectivity index is 3.21. The highest BCUT2D eigenvalue weighted by Crippen LogP contribution is 2.14. The van der Waals surface area contributed by atoms with Crippen LogP contribution in [-0.2, 0) is 25.5 Å². The van der Waals surface area contributed by atoms with Crippen molar-refractivity contribution in [3.63, 3.8) is 0 Å². The van der Waals surface area contributed by atoms with Crippen molar-refractivity contribution in [3.05, 3.63) is 35.7 Å². The molecule has 0 N–H and O–H groups in total. The van der Waals surface area contributed by atoms with E-state index in [4.69, 9.17) is 0 Å². The van der Waals surface area contributed by atoms with Crippen molar-refractivity contribution in [1.29, 1.82) is 0 Å². The second-order valence-corrected chi connectivity index (χ2v) is 3.77. The van der Waals surface area contributed by atoms with Crippen molar-refractivity contribution in [2.24, 2.45) is 0 Å². The van der Waals surface area contributed by atoms with E-state index >= 15 is 0 Å². The van der Waals surface area contributed by atoms with Crippen LogP contribution in [0.25, 0.3) is 0 Å². The maximum absolute atomic E-state index is 11.6. The number of carbonyl (C=O) groups excluding carboxylic acids is 3. The van der Waals surface area contributed by atoms with Gasteiger partial charge in [-0.2, -0.15) is 0 Å². The Morgan fingerprint density at radius 2 is 1.45 bits per heavy atom. The Hall–Kier alpha value is -2.57.